The number of anilines is 1. The van der Waals surface area contributed by atoms with Gasteiger partial charge >= 0.3 is 0 Å². The molecule has 0 atom stereocenters. The molecule has 4 rings (SSSR count). The second kappa shape index (κ2) is 5.76. The predicted octanol–water partition coefficient (Wildman–Crippen LogP) is 3.48. The minimum atomic E-state index is -0.605. The second-order valence-electron chi connectivity index (χ2n) is 5.68. The Bertz CT molecular complexity index is 869. The summed E-state index contributed by atoms with van der Waals surface area (Å²) in [6.07, 6.45) is 3.18. The zero-order valence-electron chi connectivity index (χ0n) is 13.0. The first kappa shape index (κ1) is 14.9. The van der Waals surface area contributed by atoms with Crippen LogP contribution in [0.1, 0.15) is 18.5 Å². The Balaban J connectivity index is 1.59. The Hall–Kier alpha value is -2.67. The molecule has 0 saturated heterocycles. The van der Waals surface area contributed by atoms with Crippen LogP contribution in [0.25, 0.3) is 11.3 Å². The molecular weight excluding hydrogens is 326 g/mol. The van der Waals surface area contributed by atoms with Crippen molar-refractivity contribution in [3.05, 3.63) is 47.6 Å². The molecule has 1 amide bonds. The van der Waals surface area contributed by atoms with Crippen LogP contribution in [0.15, 0.2) is 46.4 Å². The van der Waals surface area contributed by atoms with Gasteiger partial charge in [-0.05, 0) is 25.0 Å². The topological polar surface area (TPSA) is 77.2 Å². The molecule has 0 radical (unpaired) electrons. The van der Waals surface area contributed by atoms with Crippen LogP contribution in [-0.4, -0.2) is 23.2 Å². The van der Waals surface area contributed by atoms with E-state index in [9.17, 15) is 4.79 Å². The number of rotatable bonds is 5. The van der Waals surface area contributed by atoms with E-state index in [0.29, 0.717) is 16.6 Å². The lowest BCUT2D eigenvalue weighted by molar-refractivity contribution is -0.118. The first-order valence-corrected chi connectivity index (χ1v) is 8.42. The Labute approximate surface area is 142 Å². The molecule has 1 aliphatic carbocycles. The Morgan fingerprint density at radius 3 is 2.96 bits per heavy atom. The summed E-state index contributed by atoms with van der Waals surface area (Å²) in [5.41, 5.74) is 0.922. The molecule has 7 heteroatoms. The average molecular weight is 341 g/mol. The molecule has 1 aromatic carbocycles. The maximum Gasteiger partial charge on any atom is 0.238 e. The van der Waals surface area contributed by atoms with Gasteiger partial charge in [0, 0.05) is 23.2 Å². The van der Waals surface area contributed by atoms with E-state index >= 15 is 0 Å². The van der Waals surface area contributed by atoms with E-state index in [4.69, 9.17) is 9.26 Å². The molecule has 2 aromatic heterocycles. The Morgan fingerprint density at radius 2 is 2.25 bits per heavy atom. The van der Waals surface area contributed by atoms with Gasteiger partial charge in [-0.2, -0.15) is 0 Å². The molecule has 2 heterocycles. The number of carbonyl (C=O) groups excluding carboxylic acids is 1. The van der Waals surface area contributed by atoms with Crippen molar-refractivity contribution in [1.82, 2.24) is 10.1 Å². The van der Waals surface area contributed by atoms with Crippen LogP contribution in [0, 0.1) is 0 Å². The normalized spacial score (nSPS) is 15.0. The lowest BCUT2D eigenvalue weighted by atomic mass is 10.0. The fraction of sp³-hybridized carbons (Fsp3) is 0.235. The largest absolute Gasteiger partial charge is 0.497 e. The minimum absolute atomic E-state index is 0.0806. The molecule has 1 fully saturated rings. The number of methoxy groups -OCH3 is 1. The highest BCUT2D eigenvalue weighted by Crippen LogP contribution is 2.49. The van der Waals surface area contributed by atoms with Crippen molar-refractivity contribution < 1.29 is 14.1 Å². The van der Waals surface area contributed by atoms with Crippen molar-refractivity contribution in [1.29, 1.82) is 0 Å². The lowest BCUT2D eigenvalue weighted by Crippen LogP contribution is -2.28. The summed E-state index contributed by atoms with van der Waals surface area (Å²) in [6.45, 7) is 0. The third-order valence-electron chi connectivity index (χ3n) is 4.19. The van der Waals surface area contributed by atoms with Gasteiger partial charge in [0.1, 0.15) is 5.75 Å². The number of amides is 1. The molecule has 24 heavy (non-hydrogen) atoms. The Morgan fingerprint density at radius 1 is 1.38 bits per heavy atom. The minimum Gasteiger partial charge on any atom is -0.497 e. The summed E-state index contributed by atoms with van der Waals surface area (Å²) in [5.74, 6) is 1.29. The summed E-state index contributed by atoms with van der Waals surface area (Å²) in [6, 6.07) is 9.38. The standard InChI is InChI=1S/C17H15N3O3S/c1-22-12-4-2-3-11(9-12)13-10-14(20-23-13)17(5-6-17)15(21)19-16-18-7-8-24-16/h2-4,7-10H,5-6H2,1H3,(H,18,19,21). The van der Waals surface area contributed by atoms with Crippen LogP contribution in [0.4, 0.5) is 5.13 Å². The van der Waals surface area contributed by atoms with Gasteiger partial charge in [-0.25, -0.2) is 4.98 Å². The molecular formula is C17H15N3O3S. The van der Waals surface area contributed by atoms with Crippen LogP contribution in [0.5, 0.6) is 5.75 Å². The number of hydrogen-bond acceptors (Lipinski definition) is 6. The van der Waals surface area contributed by atoms with Gasteiger partial charge in [0.05, 0.1) is 18.2 Å². The smallest absolute Gasteiger partial charge is 0.238 e. The quantitative estimate of drug-likeness (QED) is 0.769. The van der Waals surface area contributed by atoms with Crippen LogP contribution < -0.4 is 10.1 Å². The molecule has 0 aliphatic heterocycles. The first-order chi connectivity index (χ1) is 11.7. The van der Waals surface area contributed by atoms with Gasteiger partial charge in [-0.3, -0.25) is 4.79 Å². The molecule has 122 valence electrons. The molecule has 1 N–H and O–H groups in total. The summed E-state index contributed by atoms with van der Waals surface area (Å²) in [5, 5.41) is 9.42. The van der Waals surface area contributed by atoms with E-state index in [1.807, 2.05) is 35.7 Å². The summed E-state index contributed by atoms with van der Waals surface area (Å²) >= 11 is 1.40. The number of ether oxygens (including phenoxy) is 1. The van der Waals surface area contributed by atoms with Crippen molar-refractivity contribution in [2.75, 3.05) is 12.4 Å². The fourth-order valence-corrected chi connectivity index (χ4v) is 3.16. The van der Waals surface area contributed by atoms with E-state index in [1.54, 1.807) is 13.3 Å². The van der Waals surface area contributed by atoms with E-state index < -0.39 is 5.41 Å². The van der Waals surface area contributed by atoms with Crippen molar-refractivity contribution >= 4 is 22.4 Å². The number of carbonyl (C=O) groups is 1. The van der Waals surface area contributed by atoms with Crippen LogP contribution in [-0.2, 0) is 10.2 Å². The van der Waals surface area contributed by atoms with Crippen molar-refractivity contribution in [2.45, 2.75) is 18.3 Å². The monoisotopic (exact) mass is 341 g/mol. The fourth-order valence-electron chi connectivity index (χ4n) is 2.64. The van der Waals surface area contributed by atoms with Gasteiger partial charge in [-0.15, -0.1) is 11.3 Å². The maximum atomic E-state index is 12.6. The molecule has 0 spiro atoms. The van der Waals surface area contributed by atoms with Crippen LogP contribution in [0.2, 0.25) is 0 Å². The average Bonchev–Trinajstić information content (AvgIpc) is 3.03. The SMILES string of the molecule is COc1cccc(-c2cc(C3(C(=O)Nc4nccs4)CC3)no2)c1. The number of aromatic nitrogens is 2. The van der Waals surface area contributed by atoms with E-state index in [-0.39, 0.29) is 5.91 Å². The summed E-state index contributed by atoms with van der Waals surface area (Å²) in [4.78, 5) is 16.7. The van der Waals surface area contributed by atoms with Gasteiger partial charge < -0.3 is 14.6 Å². The van der Waals surface area contributed by atoms with E-state index in [0.717, 1.165) is 24.2 Å². The number of thiazole rings is 1. The van der Waals surface area contributed by atoms with Crippen LogP contribution >= 0.6 is 11.3 Å². The number of nitrogens with zero attached hydrogens (tertiary/aromatic N) is 2. The lowest BCUT2D eigenvalue weighted by Gasteiger charge is -2.10. The van der Waals surface area contributed by atoms with Crippen LogP contribution in [0.3, 0.4) is 0 Å². The zero-order chi connectivity index (χ0) is 16.6. The third-order valence-corrected chi connectivity index (χ3v) is 4.88. The summed E-state index contributed by atoms with van der Waals surface area (Å²) < 4.78 is 10.7. The number of benzene rings is 1. The molecule has 0 unspecified atom stereocenters. The number of nitrogens with one attached hydrogen (secondary N) is 1. The number of hydrogen-bond donors (Lipinski definition) is 1. The zero-order valence-corrected chi connectivity index (χ0v) is 13.8. The molecule has 0 bridgehead atoms. The first-order valence-electron chi connectivity index (χ1n) is 7.54. The van der Waals surface area contributed by atoms with Crippen molar-refractivity contribution in [3.8, 4) is 17.1 Å². The van der Waals surface area contributed by atoms with Gasteiger partial charge in [0.15, 0.2) is 10.9 Å². The highest BCUT2D eigenvalue weighted by Gasteiger charge is 2.54. The van der Waals surface area contributed by atoms with E-state index in [2.05, 4.69) is 15.5 Å². The second-order valence-corrected chi connectivity index (χ2v) is 6.58. The third kappa shape index (κ3) is 2.56. The van der Waals surface area contributed by atoms with Crippen molar-refractivity contribution in [3.63, 3.8) is 0 Å². The Kier molecular flexibility index (Phi) is 3.57. The molecule has 6 nitrogen and oxygen atoms in total. The van der Waals surface area contributed by atoms with Crippen molar-refractivity contribution in [2.24, 2.45) is 0 Å². The van der Waals surface area contributed by atoms with Gasteiger partial charge in [-0.1, -0.05) is 17.3 Å². The predicted molar refractivity (Wildman–Crippen MR) is 90.1 cm³/mol. The highest BCUT2D eigenvalue weighted by molar-refractivity contribution is 7.13. The molecule has 1 aliphatic rings. The van der Waals surface area contributed by atoms with Gasteiger partial charge in [0.2, 0.25) is 5.91 Å². The van der Waals surface area contributed by atoms with E-state index in [1.165, 1.54) is 11.3 Å². The maximum absolute atomic E-state index is 12.6. The van der Waals surface area contributed by atoms with Gasteiger partial charge in [0.25, 0.3) is 0 Å². The molecule has 3 aromatic rings. The highest BCUT2D eigenvalue weighted by atomic mass is 32.1. The summed E-state index contributed by atoms with van der Waals surface area (Å²) in [7, 11) is 1.62. The molecule has 1 saturated carbocycles.